The Bertz CT molecular complexity index is 835. The van der Waals surface area contributed by atoms with Gasteiger partial charge in [-0.1, -0.05) is 29.8 Å². The third-order valence-corrected chi connectivity index (χ3v) is 3.95. The Hall–Kier alpha value is -2.18. The zero-order chi connectivity index (χ0) is 15.5. The van der Waals surface area contributed by atoms with Gasteiger partial charge in [-0.25, -0.2) is 0 Å². The zero-order valence-electron chi connectivity index (χ0n) is 11.7. The lowest BCUT2D eigenvalue weighted by atomic mass is 10.2. The molecule has 0 saturated heterocycles. The van der Waals surface area contributed by atoms with Crippen LogP contribution < -0.4 is 10.1 Å². The summed E-state index contributed by atoms with van der Waals surface area (Å²) in [5.41, 5.74) is 2.72. The van der Waals surface area contributed by atoms with Crippen molar-refractivity contribution in [3.63, 3.8) is 0 Å². The minimum Gasteiger partial charge on any atom is -0.483 e. The van der Waals surface area contributed by atoms with Crippen molar-refractivity contribution in [2.24, 2.45) is 0 Å². The number of hydrogen-bond acceptors (Lipinski definition) is 5. The SMILES string of the molecule is Cc1ccccc1OCC(=O)Nc1c(Cl)ccc2nsnc12. The van der Waals surface area contributed by atoms with Crippen LogP contribution in [0.4, 0.5) is 5.69 Å². The Kier molecular flexibility index (Phi) is 4.22. The second-order valence-electron chi connectivity index (χ2n) is 4.66. The van der Waals surface area contributed by atoms with Gasteiger partial charge in [0.1, 0.15) is 16.8 Å². The lowest BCUT2D eigenvalue weighted by Crippen LogP contribution is -2.20. The third-order valence-electron chi connectivity index (χ3n) is 3.09. The number of nitrogens with one attached hydrogen (secondary N) is 1. The van der Waals surface area contributed by atoms with Gasteiger partial charge in [-0.2, -0.15) is 8.75 Å². The Morgan fingerprint density at radius 1 is 1.27 bits per heavy atom. The van der Waals surface area contributed by atoms with Crippen LogP contribution in [-0.2, 0) is 4.79 Å². The maximum absolute atomic E-state index is 12.1. The number of fused-ring (bicyclic) bond motifs is 1. The maximum atomic E-state index is 12.1. The first-order valence-corrected chi connectivity index (χ1v) is 7.65. The Morgan fingerprint density at radius 2 is 2.09 bits per heavy atom. The Labute approximate surface area is 136 Å². The summed E-state index contributed by atoms with van der Waals surface area (Å²) >= 11 is 7.20. The molecule has 0 aliphatic rings. The van der Waals surface area contributed by atoms with Crippen LogP contribution in [0.3, 0.4) is 0 Å². The van der Waals surface area contributed by atoms with E-state index in [1.165, 1.54) is 0 Å². The van der Waals surface area contributed by atoms with Gasteiger partial charge in [-0.15, -0.1) is 0 Å². The molecule has 3 aromatic rings. The predicted octanol–water partition coefficient (Wildman–Crippen LogP) is 3.67. The summed E-state index contributed by atoms with van der Waals surface area (Å²) in [4.78, 5) is 12.1. The molecular weight excluding hydrogens is 322 g/mol. The molecule has 0 saturated carbocycles. The van der Waals surface area contributed by atoms with Crippen molar-refractivity contribution in [3.8, 4) is 5.75 Å². The van der Waals surface area contributed by atoms with Gasteiger partial charge in [-0.3, -0.25) is 4.79 Å². The standard InChI is InChI=1S/C15H12ClN3O2S/c1-9-4-2-3-5-12(9)21-8-13(20)17-14-10(16)6-7-11-15(14)19-22-18-11/h2-7H,8H2,1H3,(H,17,20). The van der Waals surface area contributed by atoms with E-state index in [1.54, 1.807) is 12.1 Å². The first-order chi connectivity index (χ1) is 10.6. The van der Waals surface area contributed by atoms with Gasteiger partial charge in [0.15, 0.2) is 6.61 Å². The fourth-order valence-corrected chi connectivity index (χ4v) is 2.73. The lowest BCUT2D eigenvalue weighted by Gasteiger charge is -2.10. The van der Waals surface area contributed by atoms with Gasteiger partial charge in [0, 0.05) is 0 Å². The number of amides is 1. The van der Waals surface area contributed by atoms with E-state index in [9.17, 15) is 4.79 Å². The van der Waals surface area contributed by atoms with E-state index in [0.717, 1.165) is 17.3 Å². The molecule has 0 aliphatic heterocycles. The van der Waals surface area contributed by atoms with E-state index in [-0.39, 0.29) is 12.5 Å². The minimum atomic E-state index is -0.300. The van der Waals surface area contributed by atoms with Crippen molar-refractivity contribution in [3.05, 3.63) is 47.0 Å². The smallest absolute Gasteiger partial charge is 0.262 e. The molecule has 0 bridgehead atoms. The van der Waals surface area contributed by atoms with Crippen molar-refractivity contribution < 1.29 is 9.53 Å². The summed E-state index contributed by atoms with van der Waals surface area (Å²) in [6.45, 7) is 1.82. The molecule has 0 radical (unpaired) electrons. The number of nitrogens with zero attached hydrogens (tertiary/aromatic N) is 2. The highest BCUT2D eigenvalue weighted by molar-refractivity contribution is 7.00. The molecule has 1 aromatic heterocycles. The molecule has 22 heavy (non-hydrogen) atoms. The van der Waals surface area contributed by atoms with Crippen LogP contribution in [-0.4, -0.2) is 21.3 Å². The second-order valence-corrected chi connectivity index (χ2v) is 5.59. The molecule has 1 amide bonds. The first-order valence-electron chi connectivity index (χ1n) is 6.54. The van der Waals surface area contributed by atoms with E-state index in [2.05, 4.69) is 14.1 Å². The van der Waals surface area contributed by atoms with Crippen LogP contribution in [0.25, 0.3) is 11.0 Å². The zero-order valence-corrected chi connectivity index (χ0v) is 13.2. The van der Waals surface area contributed by atoms with E-state index >= 15 is 0 Å². The highest BCUT2D eigenvalue weighted by Gasteiger charge is 2.13. The average molecular weight is 334 g/mol. The summed E-state index contributed by atoms with van der Waals surface area (Å²) in [5.74, 6) is 0.378. The number of hydrogen-bond donors (Lipinski definition) is 1. The molecule has 0 fully saturated rings. The molecule has 0 aliphatic carbocycles. The average Bonchev–Trinajstić information content (AvgIpc) is 2.98. The van der Waals surface area contributed by atoms with Gasteiger partial charge in [0.25, 0.3) is 5.91 Å². The van der Waals surface area contributed by atoms with E-state index < -0.39 is 0 Å². The molecule has 1 N–H and O–H groups in total. The van der Waals surface area contributed by atoms with Crippen LogP contribution in [0.2, 0.25) is 5.02 Å². The van der Waals surface area contributed by atoms with E-state index in [1.807, 2.05) is 31.2 Å². The number of benzene rings is 2. The number of aryl methyl sites for hydroxylation is 1. The molecule has 1 heterocycles. The second kappa shape index (κ2) is 6.29. The van der Waals surface area contributed by atoms with Gasteiger partial charge in [0.05, 0.1) is 22.4 Å². The topological polar surface area (TPSA) is 64.1 Å². The third kappa shape index (κ3) is 3.03. The number of ether oxygens (including phenoxy) is 1. The van der Waals surface area contributed by atoms with Crippen molar-refractivity contribution in [2.45, 2.75) is 6.92 Å². The van der Waals surface area contributed by atoms with Crippen LogP contribution >= 0.6 is 23.3 Å². The minimum absolute atomic E-state index is 0.102. The summed E-state index contributed by atoms with van der Waals surface area (Å²) in [5, 5.41) is 3.16. The first kappa shape index (κ1) is 14.7. The Balaban J connectivity index is 1.72. The molecule has 112 valence electrons. The van der Waals surface area contributed by atoms with Gasteiger partial charge < -0.3 is 10.1 Å². The maximum Gasteiger partial charge on any atom is 0.262 e. The molecule has 0 spiro atoms. The van der Waals surface area contributed by atoms with Crippen LogP contribution in [0.1, 0.15) is 5.56 Å². The number of carbonyl (C=O) groups excluding carboxylic acids is 1. The quantitative estimate of drug-likeness (QED) is 0.791. The molecule has 3 rings (SSSR count). The summed E-state index contributed by atoms with van der Waals surface area (Å²) in [6, 6.07) is 11.0. The normalized spacial score (nSPS) is 10.6. The number of carbonyl (C=O) groups is 1. The van der Waals surface area contributed by atoms with Crippen LogP contribution in [0.5, 0.6) is 5.75 Å². The van der Waals surface area contributed by atoms with Crippen LogP contribution in [0.15, 0.2) is 36.4 Å². The van der Waals surface area contributed by atoms with Gasteiger partial charge >= 0.3 is 0 Å². The number of halogens is 1. The molecule has 0 unspecified atom stereocenters. The molecule has 0 atom stereocenters. The van der Waals surface area contributed by atoms with E-state index in [0.29, 0.717) is 27.5 Å². The molecule has 7 heteroatoms. The number of aromatic nitrogens is 2. The van der Waals surface area contributed by atoms with Crippen molar-refractivity contribution in [1.29, 1.82) is 0 Å². The molecule has 2 aromatic carbocycles. The van der Waals surface area contributed by atoms with Gasteiger partial charge in [-0.05, 0) is 30.7 Å². The highest BCUT2D eigenvalue weighted by Crippen LogP contribution is 2.29. The Morgan fingerprint density at radius 3 is 2.91 bits per heavy atom. The summed E-state index contributed by atoms with van der Waals surface area (Å²) in [7, 11) is 0. The largest absolute Gasteiger partial charge is 0.483 e. The number of para-hydroxylation sites is 1. The van der Waals surface area contributed by atoms with Crippen LogP contribution in [0, 0.1) is 6.92 Å². The highest BCUT2D eigenvalue weighted by atomic mass is 35.5. The van der Waals surface area contributed by atoms with Gasteiger partial charge in [0.2, 0.25) is 0 Å². The fraction of sp³-hybridized carbons (Fsp3) is 0.133. The summed E-state index contributed by atoms with van der Waals surface area (Å²) < 4.78 is 13.8. The summed E-state index contributed by atoms with van der Waals surface area (Å²) in [6.07, 6.45) is 0. The van der Waals surface area contributed by atoms with E-state index in [4.69, 9.17) is 16.3 Å². The monoisotopic (exact) mass is 333 g/mol. The van der Waals surface area contributed by atoms with Crippen molar-refractivity contribution in [1.82, 2.24) is 8.75 Å². The molecule has 5 nitrogen and oxygen atoms in total. The fourth-order valence-electron chi connectivity index (χ4n) is 1.98. The van der Waals surface area contributed by atoms with Crippen molar-refractivity contribution in [2.75, 3.05) is 11.9 Å². The number of anilines is 1. The predicted molar refractivity (Wildman–Crippen MR) is 87.7 cm³/mol. The number of rotatable bonds is 4. The lowest BCUT2D eigenvalue weighted by molar-refractivity contribution is -0.118. The van der Waals surface area contributed by atoms with Crippen molar-refractivity contribution >= 4 is 46.0 Å². The molecular formula is C15H12ClN3O2S.